The Morgan fingerprint density at radius 1 is 1.26 bits per heavy atom. The number of phenolic OH excluding ortho intramolecular Hbond substituents is 1. The normalized spacial score (nSPS) is 28.7. The van der Waals surface area contributed by atoms with E-state index in [-0.39, 0.29) is 35.6 Å². The van der Waals surface area contributed by atoms with Crippen molar-refractivity contribution in [3.63, 3.8) is 0 Å². The Morgan fingerprint density at radius 3 is 2.91 bits per heavy atom. The van der Waals surface area contributed by atoms with Crippen LogP contribution in [0.5, 0.6) is 5.75 Å². The number of nitrogens with one attached hydrogen (secondary N) is 4. The molecule has 9 heteroatoms. The van der Waals surface area contributed by atoms with Crippen LogP contribution in [0.1, 0.15) is 67.7 Å². The molecular formula is C26H34FN5O3. The van der Waals surface area contributed by atoms with Gasteiger partial charge in [0.2, 0.25) is 0 Å². The van der Waals surface area contributed by atoms with Crippen molar-refractivity contribution in [2.45, 2.75) is 63.7 Å². The number of carbonyl (C=O) groups excluding carboxylic acids is 1. The molecule has 3 heterocycles. The van der Waals surface area contributed by atoms with Crippen LogP contribution in [-0.2, 0) is 16.0 Å². The van der Waals surface area contributed by atoms with Gasteiger partial charge in [-0.15, -0.1) is 0 Å². The number of aromatic nitrogens is 2. The van der Waals surface area contributed by atoms with E-state index in [4.69, 9.17) is 4.74 Å². The first-order valence-corrected chi connectivity index (χ1v) is 12.6. The minimum absolute atomic E-state index is 0.0467. The SMILES string of the molecule is CCOC(=O)C1=C(c2cnc(C3NNC4C(F)C(c5ccc(O)cc5CC)CCC34)[nH]2)CNCC1. The maximum absolute atomic E-state index is 15.8. The van der Waals surface area contributed by atoms with Crippen LogP contribution in [0, 0.1) is 5.92 Å². The summed E-state index contributed by atoms with van der Waals surface area (Å²) in [6.07, 6.45) is 3.64. The van der Waals surface area contributed by atoms with Crippen molar-refractivity contribution < 1.29 is 19.0 Å². The molecule has 5 atom stereocenters. The molecule has 1 aromatic heterocycles. The molecule has 3 aliphatic rings. The van der Waals surface area contributed by atoms with Gasteiger partial charge in [-0.25, -0.2) is 19.6 Å². The average molecular weight is 484 g/mol. The van der Waals surface area contributed by atoms with E-state index in [1.807, 2.05) is 13.0 Å². The Bertz CT molecular complexity index is 1120. The van der Waals surface area contributed by atoms with E-state index in [0.717, 1.165) is 54.0 Å². The summed E-state index contributed by atoms with van der Waals surface area (Å²) in [5, 5.41) is 13.2. The van der Waals surface area contributed by atoms with E-state index in [1.54, 1.807) is 25.3 Å². The fraction of sp³-hybridized carbons (Fsp3) is 0.538. The van der Waals surface area contributed by atoms with Gasteiger partial charge in [0.15, 0.2) is 0 Å². The van der Waals surface area contributed by atoms with Gasteiger partial charge < -0.3 is 20.1 Å². The molecule has 2 aliphatic heterocycles. The number of alkyl halides is 1. The molecule has 0 spiro atoms. The second kappa shape index (κ2) is 10.1. The molecule has 1 saturated carbocycles. The average Bonchev–Trinajstić information content (AvgIpc) is 3.52. The summed E-state index contributed by atoms with van der Waals surface area (Å²) in [5.74, 6) is 0.521. The second-order valence-corrected chi connectivity index (χ2v) is 9.61. The van der Waals surface area contributed by atoms with Crippen LogP contribution < -0.4 is 16.2 Å². The van der Waals surface area contributed by atoms with Gasteiger partial charge in [0, 0.05) is 29.5 Å². The summed E-state index contributed by atoms with van der Waals surface area (Å²) in [7, 11) is 0. The topological polar surface area (TPSA) is 111 Å². The third kappa shape index (κ3) is 4.48. The van der Waals surface area contributed by atoms with E-state index in [9.17, 15) is 9.90 Å². The predicted octanol–water partition coefficient (Wildman–Crippen LogP) is 3.04. The summed E-state index contributed by atoms with van der Waals surface area (Å²) >= 11 is 0. The van der Waals surface area contributed by atoms with Crippen LogP contribution in [0.3, 0.4) is 0 Å². The first-order valence-electron chi connectivity index (χ1n) is 12.6. The van der Waals surface area contributed by atoms with Crippen molar-refractivity contribution in [1.82, 2.24) is 26.1 Å². The maximum Gasteiger partial charge on any atom is 0.334 e. The molecule has 5 rings (SSSR count). The lowest BCUT2D eigenvalue weighted by Crippen LogP contribution is -2.45. The summed E-state index contributed by atoms with van der Waals surface area (Å²) in [4.78, 5) is 20.5. The highest BCUT2D eigenvalue weighted by Crippen LogP contribution is 2.45. The number of hydrogen-bond donors (Lipinski definition) is 5. The number of rotatable bonds is 6. The third-order valence-electron chi connectivity index (χ3n) is 7.70. The van der Waals surface area contributed by atoms with Crippen molar-refractivity contribution in [3.8, 4) is 5.75 Å². The van der Waals surface area contributed by atoms with Crippen LogP contribution in [0.15, 0.2) is 30.0 Å². The second-order valence-electron chi connectivity index (χ2n) is 9.61. The number of hydrogen-bond acceptors (Lipinski definition) is 7. The largest absolute Gasteiger partial charge is 0.508 e. The molecule has 0 bridgehead atoms. The monoisotopic (exact) mass is 483 g/mol. The number of aromatic hydroxyl groups is 1. The predicted molar refractivity (Wildman–Crippen MR) is 130 cm³/mol. The highest BCUT2D eigenvalue weighted by atomic mass is 19.1. The lowest BCUT2D eigenvalue weighted by Gasteiger charge is -2.36. The number of carbonyl (C=O) groups is 1. The van der Waals surface area contributed by atoms with Crippen LogP contribution >= 0.6 is 0 Å². The molecule has 5 unspecified atom stereocenters. The molecule has 35 heavy (non-hydrogen) atoms. The molecule has 1 aromatic carbocycles. The quantitative estimate of drug-likeness (QED) is 0.402. The van der Waals surface area contributed by atoms with Crippen molar-refractivity contribution in [2.24, 2.45) is 5.92 Å². The Labute approximate surface area is 204 Å². The first-order chi connectivity index (χ1) is 17.0. The summed E-state index contributed by atoms with van der Waals surface area (Å²) < 4.78 is 21.1. The zero-order valence-electron chi connectivity index (χ0n) is 20.2. The van der Waals surface area contributed by atoms with Gasteiger partial charge >= 0.3 is 5.97 Å². The molecule has 1 saturated heterocycles. The molecule has 0 radical (unpaired) electrons. The number of H-pyrrole nitrogens is 1. The number of hydrazine groups is 1. The minimum Gasteiger partial charge on any atom is -0.508 e. The van der Waals surface area contributed by atoms with E-state index in [1.165, 1.54) is 0 Å². The fourth-order valence-corrected chi connectivity index (χ4v) is 5.94. The highest BCUT2D eigenvalue weighted by Gasteiger charge is 2.48. The van der Waals surface area contributed by atoms with Gasteiger partial charge in [0.05, 0.1) is 30.6 Å². The van der Waals surface area contributed by atoms with Gasteiger partial charge in [-0.1, -0.05) is 13.0 Å². The molecule has 8 nitrogen and oxygen atoms in total. The van der Waals surface area contributed by atoms with Crippen LogP contribution in [0.2, 0.25) is 0 Å². The number of imidazole rings is 1. The highest BCUT2D eigenvalue weighted by molar-refractivity contribution is 5.98. The number of aromatic amines is 1. The van der Waals surface area contributed by atoms with Crippen molar-refractivity contribution in [1.29, 1.82) is 0 Å². The van der Waals surface area contributed by atoms with Gasteiger partial charge in [0.1, 0.15) is 17.7 Å². The van der Waals surface area contributed by atoms with Crippen molar-refractivity contribution >= 4 is 11.5 Å². The Hall–Kier alpha value is -2.75. The van der Waals surface area contributed by atoms with Gasteiger partial charge in [-0.2, -0.15) is 0 Å². The van der Waals surface area contributed by atoms with E-state index in [2.05, 4.69) is 26.1 Å². The van der Waals surface area contributed by atoms with E-state index < -0.39 is 6.17 Å². The number of phenols is 1. The first kappa shape index (κ1) is 24.0. The zero-order valence-corrected chi connectivity index (χ0v) is 20.2. The number of ether oxygens (including phenoxy) is 1. The van der Waals surface area contributed by atoms with Crippen molar-refractivity contribution in [3.05, 3.63) is 52.6 Å². The van der Waals surface area contributed by atoms with Crippen LogP contribution in [-0.4, -0.2) is 53.0 Å². The minimum atomic E-state index is -1.06. The van der Waals surface area contributed by atoms with Gasteiger partial charge in [0.25, 0.3) is 0 Å². The Balaban J connectivity index is 1.35. The zero-order chi connectivity index (χ0) is 24.5. The lowest BCUT2D eigenvalue weighted by atomic mass is 9.71. The third-order valence-corrected chi connectivity index (χ3v) is 7.70. The molecule has 5 N–H and O–H groups in total. The summed E-state index contributed by atoms with van der Waals surface area (Å²) in [6.45, 7) is 5.48. The molecular weight excluding hydrogens is 449 g/mol. The molecule has 188 valence electrons. The molecule has 0 amide bonds. The Morgan fingerprint density at radius 2 is 2.11 bits per heavy atom. The van der Waals surface area contributed by atoms with Crippen LogP contribution in [0.25, 0.3) is 5.57 Å². The Kier molecular flexibility index (Phi) is 6.91. The van der Waals surface area contributed by atoms with Gasteiger partial charge in [-0.3, -0.25) is 5.43 Å². The van der Waals surface area contributed by atoms with Gasteiger partial charge in [-0.05, 0) is 62.4 Å². The maximum atomic E-state index is 15.8. The lowest BCUT2D eigenvalue weighted by molar-refractivity contribution is -0.138. The molecule has 2 aromatic rings. The summed E-state index contributed by atoms with van der Waals surface area (Å²) in [5.41, 5.74) is 10.8. The van der Waals surface area contributed by atoms with E-state index in [0.29, 0.717) is 25.1 Å². The number of fused-ring (bicyclic) bond motifs is 1. The summed E-state index contributed by atoms with van der Waals surface area (Å²) in [6, 6.07) is 4.79. The smallest absolute Gasteiger partial charge is 0.334 e. The number of halogens is 1. The number of esters is 1. The van der Waals surface area contributed by atoms with Crippen molar-refractivity contribution in [2.75, 3.05) is 19.7 Å². The number of benzene rings is 1. The van der Waals surface area contributed by atoms with E-state index >= 15 is 4.39 Å². The standard InChI is InChI=1S/C26H34FN5O3/c1-3-14-11-15(33)5-6-16(14)17-7-8-19-23(22(17)27)31-32-24(19)25-29-13-21(30-25)20-12-28-10-9-18(20)26(34)35-4-2/h5-6,11,13,17,19,22-24,28,31-33H,3-4,7-10,12H2,1-2H3,(H,29,30). The number of nitrogens with zero attached hydrogens (tertiary/aromatic N) is 1. The molecule has 2 fully saturated rings. The fourth-order valence-electron chi connectivity index (χ4n) is 5.94. The molecule has 1 aliphatic carbocycles. The van der Waals surface area contributed by atoms with Crippen LogP contribution in [0.4, 0.5) is 4.39 Å². The number of aryl methyl sites for hydroxylation is 1.